The van der Waals surface area contributed by atoms with Gasteiger partial charge in [-0.3, -0.25) is 14.4 Å². The molecule has 0 spiro atoms. The van der Waals surface area contributed by atoms with E-state index in [1.165, 1.54) is 11.7 Å². The van der Waals surface area contributed by atoms with Gasteiger partial charge in [0.15, 0.2) is 0 Å². The van der Waals surface area contributed by atoms with Crippen molar-refractivity contribution in [3.05, 3.63) is 32.2 Å². The number of rotatable bonds is 4. The highest BCUT2D eigenvalue weighted by molar-refractivity contribution is 7.17. The van der Waals surface area contributed by atoms with Crippen molar-refractivity contribution in [3.8, 4) is 10.6 Å². The lowest BCUT2D eigenvalue weighted by Crippen LogP contribution is -2.31. The Labute approximate surface area is 142 Å². The van der Waals surface area contributed by atoms with Gasteiger partial charge in [-0.15, -0.1) is 11.3 Å². The first kappa shape index (κ1) is 17.8. The smallest absolute Gasteiger partial charge is 0.323 e. The highest BCUT2D eigenvalue weighted by Gasteiger charge is 2.23. The molecule has 0 saturated carbocycles. The molecule has 0 aliphatic rings. The van der Waals surface area contributed by atoms with Crippen LogP contribution in [0.4, 0.5) is 0 Å². The Morgan fingerprint density at radius 3 is 2.46 bits per heavy atom. The van der Waals surface area contributed by atoms with Crippen LogP contribution < -0.4 is 5.56 Å². The van der Waals surface area contributed by atoms with Crippen LogP contribution in [0, 0.1) is 20.8 Å². The van der Waals surface area contributed by atoms with E-state index in [0.29, 0.717) is 32.4 Å². The summed E-state index contributed by atoms with van der Waals surface area (Å²) < 4.78 is 1.24. The Bertz CT molecular complexity index is 884. The number of likely N-dealkylation sites (N-methyl/N-ethyl adjacent to an activating group) is 1. The third kappa shape index (κ3) is 3.21. The van der Waals surface area contributed by atoms with Gasteiger partial charge in [0, 0.05) is 14.1 Å². The summed E-state index contributed by atoms with van der Waals surface area (Å²) in [6.45, 7) is 4.84. The standard InChI is InChI=1S/C15H18N4O4S/c1-7-8(2)17-19(5)14(22)11(7)13-16-9(3)12(24-13)15(23)18(4)6-10(20)21/h6H2,1-5H3,(H,20,21). The van der Waals surface area contributed by atoms with Crippen molar-refractivity contribution in [1.29, 1.82) is 0 Å². The second-order valence-electron chi connectivity index (χ2n) is 5.50. The average molecular weight is 350 g/mol. The molecule has 2 rings (SSSR count). The summed E-state index contributed by atoms with van der Waals surface area (Å²) in [4.78, 5) is 41.3. The van der Waals surface area contributed by atoms with E-state index in [2.05, 4.69) is 10.1 Å². The average Bonchev–Trinajstić information content (AvgIpc) is 2.85. The van der Waals surface area contributed by atoms with Gasteiger partial charge in [-0.2, -0.15) is 5.10 Å². The molecule has 128 valence electrons. The lowest BCUT2D eigenvalue weighted by molar-refractivity contribution is -0.137. The molecule has 8 nitrogen and oxygen atoms in total. The molecule has 0 saturated heterocycles. The maximum atomic E-state index is 12.4. The van der Waals surface area contributed by atoms with Gasteiger partial charge < -0.3 is 10.0 Å². The zero-order chi connectivity index (χ0) is 18.2. The van der Waals surface area contributed by atoms with E-state index in [4.69, 9.17) is 5.11 Å². The molecule has 0 fully saturated rings. The van der Waals surface area contributed by atoms with Crippen LogP contribution in [-0.4, -0.2) is 50.2 Å². The summed E-state index contributed by atoms with van der Waals surface area (Å²) in [5, 5.41) is 13.4. The zero-order valence-corrected chi connectivity index (χ0v) is 14.9. The number of carbonyl (C=O) groups is 2. The molecule has 0 unspecified atom stereocenters. The third-order valence-electron chi connectivity index (χ3n) is 3.65. The Kier molecular flexibility index (Phi) is 4.83. The van der Waals surface area contributed by atoms with Gasteiger partial charge in [0.1, 0.15) is 16.4 Å². The molecule has 2 aromatic heterocycles. The van der Waals surface area contributed by atoms with Gasteiger partial charge >= 0.3 is 5.97 Å². The molecule has 0 radical (unpaired) electrons. The van der Waals surface area contributed by atoms with Gasteiger partial charge in [-0.1, -0.05) is 0 Å². The number of hydrogen-bond donors (Lipinski definition) is 1. The number of nitrogens with zero attached hydrogens (tertiary/aromatic N) is 4. The maximum Gasteiger partial charge on any atom is 0.323 e. The maximum absolute atomic E-state index is 12.4. The first-order valence-corrected chi connectivity index (χ1v) is 7.94. The van der Waals surface area contributed by atoms with E-state index in [1.54, 1.807) is 27.8 Å². The van der Waals surface area contributed by atoms with E-state index < -0.39 is 18.4 Å². The van der Waals surface area contributed by atoms with Crippen LogP contribution in [0.3, 0.4) is 0 Å². The molecule has 0 aliphatic carbocycles. The fourth-order valence-electron chi connectivity index (χ4n) is 2.25. The van der Waals surface area contributed by atoms with E-state index in [1.807, 2.05) is 0 Å². The Morgan fingerprint density at radius 2 is 1.88 bits per heavy atom. The van der Waals surface area contributed by atoms with E-state index in [9.17, 15) is 14.4 Å². The molecule has 24 heavy (non-hydrogen) atoms. The van der Waals surface area contributed by atoms with Gasteiger partial charge in [-0.25, -0.2) is 9.67 Å². The Hall–Kier alpha value is -2.55. The molecule has 0 aliphatic heterocycles. The second-order valence-corrected chi connectivity index (χ2v) is 6.50. The number of carboxylic acid groups (broad SMARTS) is 1. The van der Waals surface area contributed by atoms with Crippen LogP contribution in [0.15, 0.2) is 4.79 Å². The number of carbonyl (C=O) groups excluding carboxylic acids is 1. The van der Waals surface area contributed by atoms with Crippen LogP contribution in [-0.2, 0) is 11.8 Å². The largest absolute Gasteiger partial charge is 0.480 e. The Balaban J connectivity index is 2.53. The van der Waals surface area contributed by atoms with Crippen LogP contribution in [0.25, 0.3) is 10.6 Å². The fraction of sp³-hybridized carbons (Fsp3) is 0.400. The van der Waals surface area contributed by atoms with Crippen molar-refractivity contribution in [2.75, 3.05) is 13.6 Å². The SMILES string of the molecule is Cc1nc(-c2c(C)c(C)nn(C)c2=O)sc1C(=O)N(C)CC(=O)O. The minimum absolute atomic E-state index is 0.287. The number of aryl methyl sites for hydroxylation is 3. The number of thiazole rings is 1. The quantitative estimate of drug-likeness (QED) is 0.881. The monoisotopic (exact) mass is 350 g/mol. The predicted molar refractivity (Wildman–Crippen MR) is 89.4 cm³/mol. The van der Waals surface area contributed by atoms with Crippen molar-refractivity contribution >= 4 is 23.2 Å². The summed E-state index contributed by atoms with van der Waals surface area (Å²) in [7, 11) is 2.97. The second kappa shape index (κ2) is 6.52. The molecular weight excluding hydrogens is 332 g/mol. The number of amides is 1. The molecule has 1 amide bonds. The molecule has 2 heterocycles. The summed E-state index contributed by atoms with van der Waals surface area (Å²) >= 11 is 1.09. The van der Waals surface area contributed by atoms with Crippen molar-refractivity contribution in [3.63, 3.8) is 0 Å². The first-order chi connectivity index (χ1) is 11.1. The first-order valence-electron chi connectivity index (χ1n) is 7.13. The number of hydrogen-bond acceptors (Lipinski definition) is 6. The van der Waals surface area contributed by atoms with Gasteiger partial charge in [0.05, 0.1) is 17.0 Å². The fourth-order valence-corrected chi connectivity index (χ4v) is 3.41. The molecule has 2 aromatic rings. The minimum atomic E-state index is -1.09. The lowest BCUT2D eigenvalue weighted by atomic mass is 10.1. The summed E-state index contributed by atoms with van der Waals surface area (Å²) in [5.41, 5.74) is 2.01. The van der Waals surface area contributed by atoms with E-state index in [-0.39, 0.29) is 5.56 Å². The van der Waals surface area contributed by atoms with E-state index >= 15 is 0 Å². The molecule has 1 N–H and O–H groups in total. The summed E-state index contributed by atoms with van der Waals surface area (Å²) in [6.07, 6.45) is 0. The zero-order valence-electron chi connectivity index (χ0n) is 14.1. The molecule has 0 atom stereocenters. The van der Waals surface area contributed by atoms with Crippen molar-refractivity contribution < 1.29 is 14.7 Å². The van der Waals surface area contributed by atoms with Crippen LogP contribution in [0.1, 0.15) is 26.6 Å². The lowest BCUT2D eigenvalue weighted by Gasteiger charge is -2.13. The normalized spacial score (nSPS) is 10.7. The number of carboxylic acids is 1. The molecular formula is C15H18N4O4S. The highest BCUT2D eigenvalue weighted by atomic mass is 32.1. The Morgan fingerprint density at radius 1 is 1.25 bits per heavy atom. The molecule has 0 bridgehead atoms. The van der Waals surface area contributed by atoms with Gasteiger partial charge in [-0.05, 0) is 26.3 Å². The van der Waals surface area contributed by atoms with E-state index in [0.717, 1.165) is 16.2 Å². The number of aromatic nitrogens is 3. The molecule has 9 heteroatoms. The van der Waals surface area contributed by atoms with Crippen LogP contribution in [0.5, 0.6) is 0 Å². The highest BCUT2D eigenvalue weighted by Crippen LogP contribution is 2.29. The van der Waals surface area contributed by atoms with Gasteiger partial charge in [0.25, 0.3) is 11.5 Å². The topological polar surface area (TPSA) is 105 Å². The van der Waals surface area contributed by atoms with Crippen LogP contribution in [0.2, 0.25) is 0 Å². The summed E-state index contributed by atoms with van der Waals surface area (Å²) in [6, 6.07) is 0. The van der Waals surface area contributed by atoms with Gasteiger partial charge in [0.2, 0.25) is 0 Å². The number of aliphatic carboxylic acids is 1. The van der Waals surface area contributed by atoms with Crippen molar-refractivity contribution in [2.24, 2.45) is 7.05 Å². The van der Waals surface area contributed by atoms with Crippen molar-refractivity contribution in [1.82, 2.24) is 19.7 Å². The summed E-state index contributed by atoms with van der Waals surface area (Å²) in [5.74, 6) is -1.53. The van der Waals surface area contributed by atoms with Crippen molar-refractivity contribution in [2.45, 2.75) is 20.8 Å². The molecule has 0 aromatic carbocycles. The van der Waals surface area contributed by atoms with Crippen LogP contribution >= 0.6 is 11.3 Å². The third-order valence-corrected chi connectivity index (χ3v) is 4.81. The predicted octanol–water partition coefficient (Wildman–Crippen LogP) is 0.986. The minimum Gasteiger partial charge on any atom is -0.480 e.